The summed E-state index contributed by atoms with van der Waals surface area (Å²) in [4.78, 5) is 0. The van der Waals surface area contributed by atoms with Crippen molar-refractivity contribution in [1.82, 2.24) is 0 Å². The molecule has 2 unspecified atom stereocenters. The number of aliphatic hydroxyl groups is 3. The van der Waals surface area contributed by atoms with Crippen molar-refractivity contribution in [3.63, 3.8) is 0 Å². The van der Waals surface area contributed by atoms with E-state index in [2.05, 4.69) is 31.8 Å². The number of rotatable bonds is 6. The molecule has 1 fully saturated rings. The Bertz CT molecular complexity index is 485. The molecule has 0 bridgehead atoms. The summed E-state index contributed by atoms with van der Waals surface area (Å²) in [6.45, 7) is 7.83. The molecule has 0 aromatic heterocycles. The molecule has 0 radical (unpaired) electrons. The van der Waals surface area contributed by atoms with Gasteiger partial charge in [0, 0.05) is 6.42 Å². The fourth-order valence-electron chi connectivity index (χ4n) is 2.89. The molecule has 2 atom stereocenters. The molecule has 0 aromatic rings. The predicted octanol–water partition coefficient (Wildman–Crippen LogP) is 3.74. The van der Waals surface area contributed by atoms with Crippen LogP contribution in [0.2, 0.25) is 0 Å². The molecule has 1 rings (SSSR count). The van der Waals surface area contributed by atoms with E-state index in [1.165, 1.54) is 0 Å². The highest BCUT2D eigenvalue weighted by molar-refractivity contribution is 5.16. The van der Waals surface area contributed by atoms with Gasteiger partial charge in [-0.05, 0) is 57.8 Å². The van der Waals surface area contributed by atoms with E-state index in [4.69, 9.17) is 0 Å². The van der Waals surface area contributed by atoms with Crippen LogP contribution < -0.4 is 0 Å². The molecule has 1 saturated carbocycles. The minimum Gasteiger partial charge on any atom is -0.393 e. The molecule has 0 amide bonds. The third kappa shape index (κ3) is 9.93. The molecule has 1 aliphatic rings. The van der Waals surface area contributed by atoms with Crippen molar-refractivity contribution >= 4 is 0 Å². The molecule has 0 spiro atoms. The van der Waals surface area contributed by atoms with E-state index in [1.54, 1.807) is 13.8 Å². The van der Waals surface area contributed by atoms with E-state index >= 15 is 0 Å². The Labute approximate surface area is 147 Å². The summed E-state index contributed by atoms with van der Waals surface area (Å²) >= 11 is 0. The molecule has 3 N–H and O–H groups in total. The zero-order chi connectivity index (χ0) is 18.2. The topological polar surface area (TPSA) is 60.7 Å². The molecule has 0 saturated heterocycles. The van der Waals surface area contributed by atoms with Gasteiger partial charge in [0.25, 0.3) is 0 Å². The molecule has 136 valence electrons. The Balaban J connectivity index is 2.30. The minimum absolute atomic E-state index is 0.155. The van der Waals surface area contributed by atoms with Crippen LogP contribution >= 0.6 is 0 Å². The van der Waals surface area contributed by atoms with E-state index in [0.29, 0.717) is 19.3 Å². The normalized spacial score (nSPS) is 22.4. The Hall–Kier alpha value is -1.08. The average molecular weight is 335 g/mol. The molecular formula is C21H34O3. The molecule has 0 aromatic carbocycles. The smallest absolute Gasteiger partial charge is 0.119 e. The quantitative estimate of drug-likeness (QED) is 0.512. The molecule has 3 nitrogen and oxygen atoms in total. The van der Waals surface area contributed by atoms with Crippen molar-refractivity contribution in [2.24, 2.45) is 5.41 Å². The van der Waals surface area contributed by atoms with Gasteiger partial charge in [0.2, 0.25) is 0 Å². The van der Waals surface area contributed by atoms with Crippen molar-refractivity contribution < 1.29 is 15.3 Å². The summed E-state index contributed by atoms with van der Waals surface area (Å²) < 4.78 is 0. The summed E-state index contributed by atoms with van der Waals surface area (Å²) in [5.74, 6) is 5.97. The van der Waals surface area contributed by atoms with Crippen molar-refractivity contribution in [2.45, 2.75) is 90.4 Å². The van der Waals surface area contributed by atoms with Crippen LogP contribution in [0, 0.1) is 17.3 Å². The van der Waals surface area contributed by atoms with Crippen molar-refractivity contribution in [2.75, 3.05) is 0 Å². The third-order valence-electron chi connectivity index (χ3n) is 4.19. The summed E-state index contributed by atoms with van der Waals surface area (Å²) in [6.07, 6.45) is 11.3. The highest BCUT2D eigenvalue weighted by Gasteiger charge is 2.21. The van der Waals surface area contributed by atoms with Gasteiger partial charge in [-0.15, -0.1) is 0 Å². The van der Waals surface area contributed by atoms with Gasteiger partial charge < -0.3 is 15.3 Å². The van der Waals surface area contributed by atoms with E-state index in [1.807, 2.05) is 12.2 Å². The second kappa shape index (κ2) is 9.42. The van der Waals surface area contributed by atoms with Crippen LogP contribution in [0.4, 0.5) is 0 Å². The maximum absolute atomic E-state index is 9.65. The van der Waals surface area contributed by atoms with Crippen LogP contribution in [-0.4, -0.2) is 33.1 Å². The maximum atomic E-state index is 9.65. The summed E-state index contributed by atoms with van der Waals surface area (Å²) in [6, 6.07) is 0. The van der Waals surface area contributed by atoms with Crippen molar-refractivity contribution in [3.05, 3.63) is 23.8 Å². The predicted molar refractivity (Wildman–Crippen MR) is 99.4 cm³/mol. The number of unbranched alkanes of at least 4 members (excludes halogenated alkanes) is 1. The summed E-state index contributed by atoms with van der Waals surface area (Å²) in [7, 11) is 0. The molecule has 0 aliphatic heterocycles. The van der Waals surface area contributed by atoms with Gasteiger partial charge in [0.15, 0.2) is 0 Å². The molecular weight excluding hydrogens is 300 g/mol. The van der Waals surface area contributed by atoms with Gasteiger partial charge >= 0.3 is 0 Å². The van der Waals surface area contributed by atoms with Crippen LogP contribution in [0.25, 0.3) is 0 Å². The Morgan fingerprint density at radius 2 is 1.75 bits per heavy atom. The van der Waals surface area contributed by atoms with Crippen LogP contribution in [-0.2, 0) is 0 Å². The van der Waals surface area contributed by atoms with Gasteiger partial charge in [0.05, 0.1) is 12.2 Å². The first-order valence-corrected chi connectivity index (χ1v) is 9.00. The van der Waals surface area contributed by atoms with Crippen LogP contribution in [0.15, 0.2) is 23.8 Å². The highest BCUT2D eigenvalue weighted by atomic mass is 16.3. The van der Waals surface area contributed by atoms with E-state index in [9.17, 15) is 15.3 Å². The van der Waals surface area contributed by atoms with Crippen LogP contribution in [0.1, 0.15) is 72.6 Å². The second-order valence-corrected chi connectivity index (χ2v) is 8.30. The lowest BCUT2D eigenvalue weighted by atomic mass is 9.84. The molecule has 1 aliphatic carbocycles. The third-order valence-corrected chi connectivity index (χ3v) is 4.19. The summed E-state index contributed by atoms with van der Waals surface area (Å²) in [5, 5.41) is 28.9. The standard InChI is InChI=1S/C21H34O3/c1-20(2,12-9-13-21(3,4)24)11-8-6-5-7-10-17-14-18(22)16-19(23)15-17/h5,7,10,18-19,22-24H,6,8,11-12,14-16H2,1-4H3. The zero-order valence-corrected chi connectivity index (χ0v) is 15.7. The summed E-state index contributed by atoms with van der Waals surface area (Å²) in [5.41, 5.74) is 0.370. The number of aliphatic hydroxyl groups excluding tert-OH is 2. The van der Waals surface area contributed by atoms with Crippen molar-refractivity contribution in [1.29, 1.82) is 0 Å². The fraction of sp³-hybridized carbons (Fsp3) is 0.714. The first-order chi connectivity index (χ1) is 11.1. The molecule has 3 heteroatoms. The fourth-order valence-corrected chi connectivity index (χ4v) is 2.89. The van der Waals surface area contributed by atoms with Gasteiger partial charge in [-0.2, -0.15) is 0 Å². The lowest BCUT2D eigenvalue weighted by Crippen LogP contribution is -2.24. The maximum Gasteiger partial charge on any atom is 0.119 e. The number of hydrogen-bond acceptors (Lipinski definition) is 3. The monoisotopic (exact) mass is 334 g/mol. The average Bonchev–Trinajstić information content (AvgIpc) is 2.39. The zero-order valence-electron chi connectivity index (χ0n) is 15.7. The Morgan fingerprint density at radius 1 is 1.12 bits per heavy atom. The van der Waals surface area contributed by atoms with Gasteiger partial charge in [-0.1, -0.05) is 49.5 Å². The first kappa shape index (κ1) is 21.0. The SMILES string of the molecule is CC(C)(O)C#CCC(C)(C)CCCC=CC=C1CC(O)CC(O)C1. The molecule has 0 heterocycles. The van der Waals surface area contributed by atoms with Gasteiger partial charge in [0.1, 0.15) is 5.60 Å². The van der Waals surface area contributed by atoms with Gasteiger partial charge in [-0.3, -0.25) is 0 Å². The van der Waals surface area contributed by atoms with Crippen LogP contribution in [0.5, 0.6) is 0 Å². The minimum atomic E-state index is -0.910. The van der Waals surface area contributed by atoms with Crippen LogP contribution in [0.3, 0.4) is 0 Å². The largest absolute Gasteiger partial charge is 0.393 e. The number of hydrogen-bond donors (Lipinski definition) is 3. The van der Waals surface area contributed by atoms with Gasteiger partial charge in [-0.25, -0.2) is 0 Å². The second-order valence-electron chi connectivity index (χ2n) is 8.30. The first-order valence-electron chi connectivity index (χ1n) is 9.00. The number of allylic oxidation sites excluding steroid dienone is 3. The van der Waals surface area contributed by atoms with Crippen molar-refractivity contribution in [3.8, 4) is 11.8 Å². The van der Waals surface area contributed by atoms with E-state index in [-0.39, 0.29) is 5.41 Å². The highest BCUT2D eigenvalue weighted by Crippen LogP contribution is 2.27. The molecule has 24 heavy (non-hydrogen) atoms. The van der Waals surface area contributed by atoms with E-state index < -0.39 is 17.8 Å². The Morgan fingerprint density at radius 3 is 2.33 bits per heavy atom. The Kier molecular flexibility index (Phi) is 8.22. The lowest BCUT2D eigenvalue weighted by Gasteiger charge is -2.24. The lowest BCUT2D eigenvalue weighted by molar-refractivity contribution is 0.0609. The van der Waals surface area contributed by atoms with E-state index in [0.717, 1.165) is 31.3 Å².